The summed E-state index contributed by atoms with van der Waals surface area (Å²) >= 11 is 6.22. The van der Waals surface area contributed by atoms with Crippen molar-refractivity contribution in [1.82, 2.24) is 19.9 Å². The summed E-state index contributed by atoms with van der Waals surface area (Å²) in [4.78, 5) is 21.5. The smallest absolute Gasteiger partial charge is 0.241 e. The number of likely N-dealkylation sites (tertiary alicyclic amines) is 1. The van der Waals surface area contributed by atoms with Crippen molar-refractivity contribution in [3.63, 3.8) is 0 Å². The number of carbonyl (C=O) groups excluding carboxylic acids is 1. The molecule has 1 amide bonds. The molecule has 1 aromatic heterocycles. The number of carbonyl (C=O) groups is 1. The number of hydrogen-bond acceptors (Lipinski definition) is 6. The number of ether oxygens (including phenoxy) is 1. The molecule has 32 heavy (non-hydrogen) atoms. The van der Waals surface area contributed by atoms with Gasteiger partial charge in [0.15, 0.2) is 0 Å². The van der Waals surface area contributed by atoms with Gasteiger partial charge in [0.2, 0.25) is 17.6 Å². The summed E-state index contributed by atoms with van der Waals surface area (Å²) in [5, 5.41) is 4.66. The molecule has 0 aliphatic carbocycles. The lowest BCUT2D eigenvalue weighted by Gasteiger charge is -2.32. The fourth-order valence-electron chi connectivity index (χ4n) is 3.99. The Morgan fingerprint density at radius 3 is 2.59 bits per heavy atom. The zero-order valence-corrected chi connectivity index (χ0v) is 19.1. The van der Waals surface area contributed by atoms with Crippen LogP contribution < -0.4 is 4.74 Å². The van der Waals surface area contributed by atoms with E-state index < -0.39 is 0 Å². The third kappa shape index (κ3) is 5.29. The number of piperidine rings is 1. The Morgan fingerprint density at radius 2 is 1.91 bits per heavy atom. The molecule has 0 radical (unpaired) electrons. The summed E-state index contributed by atoms with van der Waals surface area (Å²) in [5.41, 5.74) is 1.85. The number of benzene rings is 2. The second kappa shape index (κ2) is 10.1. The van der Waals surface area contributed by atoms with E-state index in [9.17, 15) is 4.79 Å². The zero-order valence-electron chi connectivity index (χ0n) is 18.3. The first kappa shape index (κ1) is 22.3. The van der Waals surface area contributed by atoms with E-state index in [2.05, 4.69) is 15.0 Å². The predicted octanol–water partition coefficient (Wildman–Crippen LogP) is 4.27. The van der Waals surface area contributed by atoms with E-state index in [0.717, 1.165) is 42.8 Å². The summed E-state index contributed by atoms with van der Waals surface area (Å²) in [6.07, 6.45) is 1.63. The van der Waals surface area contributed by atoms with Gasteiger partial charge in [0, 0.05) is 25.1 Å². The van der Waals surface area contributed by atoms with Gasteiger partial charge in [-0.1, -0.05) is 41.0 Å². The van der Waals surface area contributed by atoms with Crippen LogP contribution in [0.1, 0.15) is 24.3 Å². The van der Waals surface area contributed by atoms with Gasteiger partial charge in [-0.15, -0.1) is 0 Å². The fourth-order valence-corrected chi connectivity index (χ4v) is 4.21. The van der Waals surface area contributed by atoms with Gasteiger partial charge < -0.3 is 14.2 Å². The lowest BCUT2D eigenvalue weighted by atomic mass is 9.95. The second-order valence-corrected chi connectivity index (χ2v) is 8.49. The van der Waals surface area contributed by atoms with Crippen molar-refractivity contribution in [2.24, 2.45) is 5.92 Å². The molecule has 1 fully saturated rings. The number of hydrogen-bond donors (Lipinski definition) is 0. The summed E-state index contributed by atoms with van der Waals surface area (Å²) < 4.78 is 10.6. The number of nitrogens with zero attached hydrogens (tertiary/aromatic N) is 4. The molecule has 4 rings (SSSR count). The summed E-state index contributed by atoms with van der Waals surface area (Å²) in [7, 11) is 3.51. The number of aromatic nitrogens is 2. The van der Waals surface area contributed by atoms with Crippen LogP contribution in [-0.4, -0.2) is 53.1 Å². The van der Waals surface area contributed by atoms with Gasteiger partial charge >= 0.3 is 0 Å². The average Bonchev–Trinajstić information content (AvgIpc) is 3.28. The number of rotatable bonds is 7. The largest absolute Gasteiger partial charge is 0.497 e. The molecule has 8 heteroatoms. The number of amides is 1. The first-order valence-electron chi connectivity index (χ1n) is 10.7. The minimum Gasteiger partial charge on any atom is -0.497 e. The van der Waals surface area contributed by atoms with Gasteiger partial charge in [-0.2, -0.15) is 4.98 Å². The van der Waals surface area contributed by atoms with Gasteiger partial charge in [-0.3, -0.25) is 9.69 Å². The zero-order chi connectivity index (χ0) is 22.5. The average molecular weight is 455 g/mol. The van der Waals surface area contributed by atoms with Crippen molar-refractivity contribution < 1.29 is 14.1 Å². The van der Waals surface area contributed by atoms with Gasteiger partial charge in [-0.25, -0.2) is 0 Å². The molecule has 0 spiro atoms. The molecule has 1 aliphatic rings. The van der Waals surface area contributed by atoms with Crippen LogP contribution in [0.2, 0.25) is 5.02 Å². The van der Waals surface area contributed by atoms with E-state index in [4.69, 9.17) is 20.9 Å². The van der Waals surface area contributed by atoms with Crippen LogP contribution >= 0.6 is 11.6 Å². The van der Waals surface area contributed by atoms with Crippen LogP contribution in [0.25, 0.3) is 11.4 Å². The Morgan fingerprint density at radius 1 is 1.19 bits per heavy atom. The van der Waals surface area contributed by atoms with Crippen molar-refractivity contribution in [3.05, 3.63) is 65.0 Å². The van der Waals surface area contributed by atoms with Gasteiger partial charge in [0.25, 0.3) is 0 Å². The van der Waals surface area contributed by atoms with E-state index >= 15 is 0 Å². The molecule has 7 nitrogen and oxygen atoms in total. The van der Waals surface area contributed by atoms with E-state index in [1.807, 2.05) is 54.4 Å². The van der Waals surface area contributed by atoms with Gasteiger partial charge in [-0.05, 0) is 55.8 Å². The maximum Gasteiger partial charge on any atom is 0.241 e. The molecule has 0 N–H and O–H groups in total. The third-order valence-electron chi connectivity index (χ3n) is 5.83. The van der Waals surface area contributed by atoms with Crippen LogP contribution in [0.4, 0.5) is 0 Å². The Labute approximate surface area is 192 Å². The molecule has 0 atom stereocenters. The van der Waals surface area contributed by atoms with E-state index in [0.29, 0.717) is 29.8 Å². The van der Waals surface area contributed by atoms with Crippen LogP contribution in [0, 0.1) is 5.92 Å². The summed E-state index contributed by atoms with van der Waals surface area (Å²) in [6, 6.07) is 15.3. The highest BCUT2D eigenvalue weighted by atomic mass is 35.5. The molecule has 2 heterocycles. The van der Waals surface area contributed by atoms with Crippen LogP contribution in [-0.2, 0) is 17.9 Å². The lowest BCUT2D eigenvalue weighted by molar-refractivity contribution is -0.136. The third-order valence-corrected chi connectivity index (χ3v) is 6.16. The first-order chi connectivity index (χ1) is 15.5. The summed E-state index contributed by atoms with van der Waals surface area (Å²) in [6.45, 7) is 2.79. The molecular formula is C24H27ClN4O3. The van der Waals surface area contributed by atoms with E-state index in [-0.39, 0.29) is 11.8 Å². The molecule has 168 valence electrons. The normalized spacial score (nSPS) is 15.0. The molecule has 0 unspecified atom stereocenters. The monoisotopic (exact) mass is 454 g/mol. The minimum atomic E-state index is 0.0378. The first-order valence-corrected chi connectivity index (χ1v) is 11.1. The molecular weight excluding hydrogens is 428 g/mol. The van der Waals surface area contributed by atoms with Gasteiger partial charge in [0.05, 0.1) is 18.7 Å². The highest BCUT2D eigenvalue weighted by molar-refractivity contribution is 6.33. The second-order valence-electron chi connectivity index (χ2n) is 8.08. The van der Waals surface area contributed by atoms with Crippen molar-refractivity contribution in [1.29, 1.82) is 0 Å². The van der Waals surface area contributed by atoms with Crippen molar-refractivity contribution in [2.45, 2.75) is 25.9 Å². The molecule has 0 saturated carbocycles. The van der Waals surface area contributed by atoms with Crippen molar-refractivity contribution in [3.8, 4) is 17.1 Å². The molecule has 0 bridgehead atoms. The number of halogens is 1. The Balaban J connectivity index is 1.27. The van der Waals surface area contributed by atoms with Crippen LogP contribution in [0.15, 0.2) is 53.1 Å². The maximum absolute atomic E-state index is 12.9. The topological polar surface area (TPSA) is 71.7 Å². The standard InChI is InChI=1S/C24H27ClN4O3/c1-28(15-17-7-9-19(31-2)10-8-17)24(30)18-11-13-29(14-12-18)16-22-26-23(27-32-22)20-5-3-4-6-21(20)25/h3-10,18H,11-16H2,1-2H3. The highest BCUT2D eigenvalue weighted by Crippen LogP contribution is 2.26. The van der Waals surface area contributed by atoms with Crippen molar-refractivity contribution >= 4 is 17.5 Å². The van der Waals surface area contributed by atoms with E-state index in [1.54, 1.807) is 13.2 Å². The van der Waals surface area contributed by atoms with Gasteiger partial charge in [0.1, 0.15) is 5.75 Å². The Kier molecular flexibility index (Phi) is 7.07. The van der Waals surface area contributed by atoms with Crippen molar-refractivity contribution in [2.75, 3.05) is 27.2 Å². The Bertz CT molecular complexity index is 1050. The summed E-state index contributed by atoms with van der Waals surface area (Å²) in [5.74, 6) is 2.10. The van der Waals surface area contributed by atoms with Crippen LogP contribution in [0.5, 0.6) is 5.75 Å². The molecule has 1 aliphatic heterocycles. The van der Waals surface area contributed by atoms with Crippen LogP contribution in [0.3, 0.4) is 0 Å². The minimum absolute atomic E-state index is 0.0378. The molecule has 1 saturated heterocycles. The predicted molar refractivity (Wildman–Crippen MR) is 122 cm³/mol. The quantitative estimate of drug-likeness (QED) is 0.531. The maximum atomic E-state index is 12.9. The fraction of sp³-hybridized carbons (Fsp3) is 0.375. The Hall–Kier alpha value is -2.90. The van der Waals surface area contributed by atoms with E-state index in [1.165, 1.54) is 0 Å². The lowest BCUT2D eigenvalue weighted by Crippen LogP contribution is -2.40. The highest BCUT2D eigenvalue weighted by Gasteiger charge is 2.28. The number of methoxy groups -OCH3 is 1. The molecule has 3 aromatic rings. The molecule has 2 aromatic carbocycles. The SMILES string of the molecule is COc1ccc(CN(C)C(=O)C2CCN(Cc3nc(-c4ccccc4Cl)no3)CC2)cc1.